The van der Waals surface area contributed by atoms with E-state index in [4.69, 9.17) is 12.2 Å². The van der Waals surface area contributed by atoms with Gasteiger partial charge in [0.1, 0.15) is 0 Å². The third-order valence-electron chi connectivity index (χ3n) is 5.75. The van der Waals surface area contributed by atoms with E-state index in [0.717, 1.165) is 25.9 Å². The van der Waals surface area contributed by atoms with Crippen LogP contribution in [0.3, 0.4) is 0 Å². The van der Waals surface area contributed by atoms with Crippen LogP contribution in [0, 0.1) is 0 Å². The Morgan fingerprint density at radius 2 is 1.19 bits per heavy atom. The van der Waals surface area contributed by atoms with Crippen LogP contribution in [-0.4, -0.2) is 24.1 Å². The first-order valence-corrected chi connectivity index (χ1v) is 13.1. The van der Waals surface area contributed by atoms with Gasteiger partial charge in [-0.25, -0.2) is 0 Å². The predicted molar refractivity (Wildman–Crippen MR) is 141 cm³/mol. The first kappa shape index (κ1) is 22.0. The average Bonchev–Trinajstić information content (AvgIpc) is 3.24. The van der Waals surface area contributed by atoms with E-state index in [1.54, 1.807) is 0 Å². The summed E-state index contributed by atoms with van der Waals surface area (Å²) in [7, 11) is -0.362. The van der Waals surface area contributed by atoms with Crippen LogP contribution in [-0.2, 0) is 6.42 Å². The maximum absolute atomic E-state index is 5.65. The van der Waals surface area contributed by atoms with Crippen molar-refractivity contribution in [2.24, 2.45) is 0 Å². The molecule has 31 heavy (non-hydrogen) atoms. The van der Waals surface area contributed by atoms with E-state index in [9.17, 15) is 0 Å². The zero-order chi connectivity index (χ0) is 21.3. The van der Waals surface area contributed by atoms with Crippen molar-refractivity contribution in [3.8, 4) is 0 Å². The third-order valence-corrected chi connectivity index (χ3v) is 8.79. The molecule has 0 radical (unpaired) electrons. The van der Waals surface area contributed by atoms with Crippen molar-refractivity contribution in [2.75, 3.05) is 28.6 Å². The van der Waals surface area contributed by atoms with Crippen molar-refractivity contribution in [1.82, 2.24) is 0 Å². The lowest BCUT2D eigenvalue weighted by atomic mass is 10.1. The van der Waals surface area contributed by atoms with Crippen molar-refractivity contribution in [2.45, 2.75) is 32.1 Å². The zero-order valence-corrected chi connectivity index (χ0v) is 19.8. The fraction of sp³-hybridized carbons (Fsp3) is 0.296. The summed E-state index contributed by atoms with van der Waals surface area (Å²) in [5.41, 5.74) is 4.05. The molecule has 0 aromatic heterocycles. The molecular formula is C27H31N2PS. The van der Waals surface area contributed by atoms with Crippen LogP contribution in [0.5, 0.6) is 0 Å². The molecule has 0 unspecified atom stereocenters. The highest BCUT2D eigenvalue weighted by Crippen LogP contribution is 2.53. The van der Waals surface area contributed by atoms with Crippen LogP contribution in [0.15, 0.2) is 91.0 Å². The van der Waals surface area contributed by atoms with Crippen LogP contribution >= 0.6 is 20.4 Å². The van der Waals surface area contributed by atoms with Gasteiger partial charge in [0.05, 0.1) is 8.22 Å². The summed E-state index contributed by atoms with van der Waals surface area (Å²) in [6.07, 6.45) is 6.95. The molecule has 0 aliphatic carbocycles. The summed E-state index contributed by atoms with van der Waals surface area (Å²) in [6, 6.07) is 32.5. The number of unbranched alkanes of at least 4 members (excludes halogenated alkanes) is 2. The number of benzene rings is 3. The number of nitrogens with zero attached hydrogens (tertiary/aromatic N) is 2. The van der Waals surface area contributed by atoms with E-state index in [-0.39, 0.29) is 8.22 Å². The molecule has 0 bridgehead atoms. The second kappa shape index (κ2) is 11.4. The number of anilines is 2. The summed E-state index contributed by atoms with van der Waals surface area (Å²) in [6.45, 7) is 2.21. The van der Waals surface area contributed by atoms with Gasteiger partial charge in [0.15, 0.2) is 0 Å². The molecular weight excluding hydrogens is 415 g/mol. The lowest BCUT2D eigenvalue weighted by Crippen LogP contribution is -2.17. The average molecular weight is 447 g/mol. The first-order valence-electron chi connectivity index (χ1n) is 11.3. The zero-order valence-electron chi connectivity index (χ0n) is 18.1. The Hall–Kier alpha value is -2.22. The minimum atomic E-state index is -0.362. The van der Waals surface area contributed by atoms with Gasteiger partial charge in [-0.1, -0.05) is 85.4 Å². The number of hydrogen-bond acceptors (Lipinski definition) is 3. The molecule has 4 rings (SSSR count). The Kier molecular flexibility index (Phi) is 8.10. The Bertz CT molecular complexity index is 886. The highest BCUT2D eigenvalue weighted by atomic mass is 32.1. The smallest absolute Gasteiger partial charge is 0.0952 e. The predicted octanol–water partition coefficient (Wildman–Crippen LogP) is 7.50. The molecule has 0 amide bonds. The third kappa shape index (κ3) is 6.15. The molecule has 1 heterocycles. The number of thiocarbonyl (C=S) groups is 1. The monoisotopic (exact) mass is 446 g/mol. The maximum Gasteiger partial charge on any atom is 0.0952 e. The lowest BCUT2D eigenvalue weighted by molar-refractivity contribution is 0.744. The van der Waals surface area contributed by atoms with Gasteiger partial charge in [-0.3, -0.25) is 0 Å². The topological polar surface area (TPSA) is 6.48 Å². The quantitative estimate of drug-likeness (QED) is 0.181. The fourth-order valence-electron chi connectivity index (χ4n) is 4.18. The molecule has 0 N–H and O–H groups in total. The van der Waals surface area contributed by atoms with Crippen molar-refractivity contribution >= 4 is 36.7 Å². The molecule has 0 spiro atoms. The first-order chi connectivity index (χ1) is 15.3. The fourth-order valence-corrected chi connectivity index (χ4v) is 7.18. The maximum atomic E-state index is 5.65. The van der Waals surface area contributed by atoms with E-state index < -0.39 is 0 Å². The van der Waals surface area contributed by atoms with Crippen LogP contribution in [0.1, 0.15) is 31.2 Å². The number of para-hydroxylation sites is 2. The molecule has 1 saturated heterocycles. The Labute approximate surface area is 193 Å². The summed E-state index contributed by atoms with van der Waals surface area (Å²) in [5.74, 6) is 0. The van der Waals surface area contributed by atoms with Crippen molar-refractivity contribution in [3.05, 3.63) is 96.6 Å². The normalized spacial score (nSPS) is 14.2. The second-order valence-corrected chi connectivity index (χ2v) is 10.8. The standard InChI is InChI=1S/C27H31N2PS/c31-27(23-24-13-5-1-6-14-24)19-11-4-12-22-30-28(25-15-7-2-8-16-25)20-21-29(30)26-17-9-3-10-18-26/h1-3,5-10,13-18H,4,11-12,19-23H2. The SMILES string of the molecule is S=C(CCCCCP1N(c2ccccc2)CCN1c1ccccc1)Cc1ccccc1. The molecule has 1 fully saturated rings. The van der Waals surface area contributed by atoms with Gasteiger partial charge in [-0.05, 0) is 54.0 Å². The van der Waals surface area contributed by atoms with Crippen LogP contribution in [0.4, 0.5) is 11.4 Å². The van der Waals surface area contributed by atoms with E-state index in [2.05, 4.69) is 100 Å². The van der Waals surface area contributed by atoms with Crippen LogP contribution < -0.4 is 9.34 Å². The van der Waals surface area contributed by atoms with Gasteiger partial charge in [0.2, 0.25) is 0 Å². The molecule has 1 aliphatic heterocycles. The van der Waals surface area contributed by atoms with Crippen molar-refractivity contribution < 1.29 is 0 Å². The van der Waals surface area contributed by atoms with E-state index in [1.165, 1.54) is 47.2 Å². The molecule has 3 aromatic rings. The van der Waals surface area contributed by atoms with Gasteiger partial charge in [-0.15, -0.1) is 0 Å². The number of rotatable bonds is 10. The van der Waals surface area contributed by atoms with Crippen molar-refractivity contribution in [3.63, 3.8) is 0 Å². The van der Waals surface area contributed by atoms with Gasteiger partial charge in [0.25, 0.3) is 0 Å². The van der Waals surface area contributed by atoms with Crippen LogP contribution in [0.25, 0.3) is 0 Å². The molecule has 0 atom stereocenters. The molecule has 4 heteroatoms. The van der Waals surface area contributed by atoms with E-state index in [1.807, 2.05) is 0 Å². The van der Waals surface area contributed by atoms with Crippen molar-refractivity contribution in [1.29, 1.82) is 0 Å². The van der Waals surface area contributed by atoms with Gasteiger partial charge < -0.3 is 9.34 Å². The Balaban J connectivity index is 1.31. The largest absolute Gasteiger partial charge is 0.332 e. The van der Waals surface area contributed by atoms with Gasteiger partial charge in [0, 0.05) is 37.0 Å². The van der Waals surface area contributed by atoms with Gasteiger partial charge >= 0.3 is 0 Å². The minimum Gasteiger partial charge on any atom is -0.332 e. The molecule has 1 aliphatic rings. The van der Waals surface area contributed by atoms with Gasteiger partial charge in [-0.2, -0.15) is 0 Å². The number of hydrogen-bond donors (Lipinski definition) is 0. The summed E-state index contributed by atoms with van der Waals surface area (Å²) in [5, 5.41) is 0. The van der Waals surface area contributed by atoms with E-state index in [0.29, 0.717) is 0 Å². The second-order valence-electron chi connectivity index (χ2n) is 8.02. The highest BCUT2D eigenvalue weighted by Gasteiger charge is 2.32. The Morgan fingerprint density at radius 1 is 0.677 bits per heavy atom. The lowest BCUT2D eigenvalue weighted by Gasteiger charge is -2.32. The summed E-state index contributed by atoms with van der Waals surface area (Å²) >= 11 is 5.65. The minimum absolute atomic E-state index is 0.362. The highest BCUT2D eigenvalue weighted by molar-refractivity contribution is 7.80. The molecule has 3 aromatic carbocycles. The molecule has 2 nitrogen and oxygen atoms in total. The van der Waals surface area contributed by atoms with Crippen LogP contribution in [0.2, 0.25) is 0 Å². The summed E-state index contributed by atoms with van der Waals surface area (Å²) < 4.78 is 5.28. The molecule has 0 saturated carbocycles. The molecule has 160 valence electrons. The Morgan fingerprint density at radius 3 is 1.74 bits per heavy atom. The summed E-state index contributed by atoms with van der Waals surface area (Å²) in [4.78, 5) is 1.19. The van der Waals surface area contributed by atoms with E-state index >= 15 is 0 Å².